The average Bonchev–Trinajstić information content (AvgIpc) is 1.58. The van der Waals surface area contributed by atoms with Crippen LogP contribution in [0.5, 0.6) is 0 Å². The van der Waals surface area contributed by atoms with E-state index in [9.17, 15) is 19.2 Å². The predicted molar refractivity (Wildman–Crippen MR) is 435 cm³/mol. The first-order chi connectivity index (χ1) is 49.6. The highest BCUT2D eigenvalue weighted by molar-refractivity contribution is 5.88. The van der Waals surface area contributed by atoms with Gasteiger partial charge in [0.25, 0.3) is 0 Å². The topological polar surface area (TPSA) is 246 Å². The lowest BCUT2D eigenvalue weighted by Crippen LogP contribution is -2.26. The zero-order chi connectivity index (χ0) is 80.6. The summed E-state index contributed by atoms with van der Waals surface area (Å²) in [5.41, 5.74) is 16.7. The molecule has 0 unspecified atom stereocenters. The third kappa shape index (κ3) is 21.4. The van der Waals surface area contributed by atoms with E-state index in [1.54, 1.807) is 6.07 Å². The summed E-state index contributed by atoms with van der Waals surface area (Å²) in [5, 5.41) is 36.5. The number of aromatic carboxylic acids is 4. The van der Waals surface area contributed by atoms with Gasteiger partial charge < -0.3 is 30.2 Å². The van der Waals surface area contributed by atoms with Crippen molar-refractivity contribution in [2.75, 3.05) is 22.9 Å². The Hall–Kier alpha value is -9.25. The minimum atomic E-state index is -1.02. The van der Waals surface area contributed by atoms with Crippen LogP contribution in [0.4, 0.5) is 23.3 Å². The molecule has 17 heteroatoms. The quantitative estimate of drug-likeness (QED) is 0.0702. The van der Waals surface area contributed by atoms with E-state index in [-0.39, 0.29) is 76.4 Å². The number of carboxylic acid groups (broad SMARTS) is 4. The van der Waals surface area contributed by atoms with Crippen molar-refractivity contribution in [2.24, 2.45) is 11.8 Å². The molecule has 4 N–H and O–H groups in total. The number of nitrogens with zero attached hydrogens (tertiary/aromatic N) is 9. The molecule has 0 atom stereocenters. The Bertz CT molecular complexity index is 4100. The van der Waals surface area contributed by atoms with E-state index in [0.717, 1.165) is 61.7 Å². The van der Waals surface area contributed by atoms with Crippen molar-refractivity contribution in [1.82, 2.24) is 34.9 Å². The smallest absolute Gasteiger partial charge is 0.338 e. The van der Waals surface area contributed by atoms with Crippen LogP contribution in [-0.2, 0) is 54.1 Å². The second-order valence-electron chi connectivity index (χ2n) is 38.8. The molecule has 8 aromatic rings. The first-order valence-electron chi connectivity index (χ1n) is 38.2. The van der Waals surface area contributed by atoms with Crippen molar-refractivity contribution in [2.45, 2.75) is 273 Å². The molecule has 4 aromatic carbocycles. The highest BCUT2D eigenvalue weighted by Crippen LogP contribution is 2.55. The number of pyridine rings is 1. The number of aromatic nitrogens is 7. The largest absolute Gasteiger partial charge is 0.478 e. The Morgan fingerprint density at radius 2 is 0.630 bits per heavy atom. The molecule has 0 radical (unpaired) electrons. The summed E-state index contributed by atoms with van der Waals surface area (Å²) in [6.45, 7) is 59.4. The van der Waals surface area contributed by atoms with E-state index in [2.05, 4.69) is 298 Å². The molecule has 3 saturated carbocycles. The summed E-state index contributed by atoms with van der Waals surface area (Å²) >= 11 is 0. The van der Waals surface area contributed by atoms with Crippen molar-refractivity contribution in [1.29, 1.82) is 0 Å². The lowest BCUT2D eigenvalue weighted by atomic mass is 9.77. The van der Waals surface area contributed by atoms with Crippen LogP contribution in [0.2, 0.25) is 0 Å². The molecule has 4 heterocycles. The zero-order valence-corrected chi connectivity index (χ0v) is 69.4. The maximum atomic E-state index is 11.2. The summed E-state index contributed by atoms with van der Waals surface area (Å²) < 4.78 is 0. The predicted octanol–water partition coefficient (Wildman–Crippen LogP) is 21.2. The molecule has 0 spiro atoms. The van der Waals surface area contributed by atoms with Crippen LogP contribution in [0.15, 0.2) is 128 Å². The minimum Gasteiger partial charge on any atom is -0.478 e. The molecule has 3 fully saturated rings. The first kappa shape index (κ1) is 84.4. The van der Waals surface area contributed by atoms with Crippen LogP contribution in [0.25, 0.3) is 0 Å². The molecule has 578 valence electrons. The van der Waals surface area contributed by atoms with E-state index in [4.69, 9.17) is 20.4 Å². The molecule has 17 nitrogen and oxygen atoms in total. The summed E-state index contributed by atoms with van der Waals surface area (Å²) in [4.78, 5) is 79.5. The number of hydrogen-bond donors (Lipinski definition) is 4. The van der Waals surface area contributed by atoms with Gasteiger partial charge in [-0.05, 0) is 186 Å². The van der Waals surface area contributed by atoms with Crippen molar-refractivity contribution in [3.8, 4) is 0 Å². The van der Waals surface area contributed by atoms with Gasteiger partial charge in [0.15, 0.2) is 0 Å². The molecule has 3 aliphatic rings. The van der Waals surface area contributed by atoms with E-state index >= 15 is 0 Å². The number of anilines is 4. The van der Waals surface area contributed by atoms with Crippen molar-refractivity contribution in [3.63, 3.8) is 0 Å². The van der Waals surface area contributed by atoms with Gasteiger partial charge in [-0.25, -0.2) is 49.1 Å². The number of carboxylic acids is 4. The average molecular weight is 1470 g/mol. The van der Waals surface area contributed by atoms with Crippen LogP contribution in [0.3, 0.4) is 0 Å². The molecule has 0 aliphatic heterocycles. The molecule has 108 heavy (non-hydrogen) atoms. The van der Waals surface area contributed by atoms with Gasteiger partial charge in [0, 0.05) is 73.3 Å². The molecule has 4 aromatic heterocycles. The highest BCUT2D eigenvalue weighted by atomic mass is 16.4. The van der Waals surface area contributed by atoms with E-state index in [1.807, 2.05) is 6.07 Å². The van der Waals surface area contributed by atoms with Crippen molar-refractivity contribution < 1.29 is 39.6 Å². The summed E-state index contributed by atoms with van der Waals surface area (Å²) in [6, 6.07) is 30.9. The lowest BCUT2D eigenvalue weighted by molar-refractivity contribution is 0.0685. The minimum absolute atomic E-state index is 0.00747. The fourth-order valence-electron chi connectivity index (χ4n) is 12.5. The Morgan fingerprint density at radius 1 is 0.361 bits per heavy atom. The summed E-state index contributed by atoms with van der Waals surface area (Å²) in [5.74, 6) is -1.12. The standard InChI is InChI=1S/C23H31N3O2.C23H33N3O2.C23H29NO2.C22H28N2O2/c1-22(2,3)17-9-18(23(4,5)6)11-19(10-17)26(14-15-7-8-15)21-24-12-16(13-25-21)20(27)28;1-15(2)14-26(21-24-12-16(13-25-21)20(27)28)19-10-17(22(3,4)5)9-18(11-19)23(6,7)8;1-21(2,3)16-11-17(22(4,5)6)13-18(12-16)23(9-10-23)19-8-7-15(14-24-19)20(25)26;1-20(2,3)15-9-16(21(4,5)6)11-17(10-15)22(7-8-22)19-23-12-14(13-24-19)18(25)26/h9-13,15H,7-8,14H2,1-6H3,(H,27,28);9-13,15H,14H2,1-8H3,(H,27,28);7-8,11-14H,9-10H2,1-6H3,(H,25,26);9-13H,7-8H2,1-6H3,(H,25,26). The van der Waals surface area contributed by atoms with E-state index in [1.165, 1.54) is 112 Å². The van der Waals surface area contributed by atoms with Gasteiger partial charge in [-0.3, -0.25) is 4.98 Å². The maximum Gasteiger partial charge on any atom is 0.338 e. The number of rotatable bonds is 16. The van der Waals surface area contributed by atoms with Gasteiger partial charge in [-0.1, -0.05) is 229 Å². The van der Waals surface area contributed by atoms with Gasteiger partial charge in [-0.2, -0.15) is 0 Å². The Balaban J connectivity index is 0.000000181. The van der Waals surface area contributed by atoms with E-state index < -0.39 is 23.9 Å². The monoisotopic (exact) mass is 1470 g/mol. The van der Waals surface area contributed by atoms with Gasteiger partial charge in [0.2, 0.25) is 11.9 Å². The van der Waals surface area contributed by atoms with Crippen molar-refractivity contribution in [3.05, 3.63) is 218 Å². The second kappa shape index (κ2) is 31.4. The summed E-state index contributed by atoms with van der Waals surface area (Å²) in [7, 11) is 0. The molecule has 0 saturated heterocycles. The second-order valence-corrected chi connectivity index (χ2v) is 38.8. The third-order valence-corrected chi connectivity index (χ3v) is 20.6. The van der Waals surface area contributed by atoms with Crippen LogP contribution in [0, 0.1) is 11.8 Å². The molecule has 0 bridgehead atoms. The van der Waals surface area contributed by atoms with Crippen LogP contribution in [0.1, 0.15) is 327 Å². The van der Waals surface area contributed by atoms with Crippen LogP contribution in [-0.4, -0.2) is 92.3 Å². The van der Waals surface area contributed by atoms with Gasteiger partial charge >= 0.3 is 23.9 Å². The Labute approximate surface area is 643 Å². The molecule has 11 rings (SSSR count). The SMILES string of the molecule is CC(C)(C)c1cc(C(C)(C)C)cc(C2(c3ccc(C(=O)O)cn3)CC2)c1.CC(C)(C)c1cc(C(C)(C)C)cc(C2(c3ncc(C(=O)O)cn3)CC2)c1.CC(C)(C)c1cc(N(CC2CC2)c2ncc(C(=O)O)cn2)cc(C(C)(C)C)c1.CC(C)CN(c1cc(C(C)(C)C)cc(C(C)(C)C)c1)c1ncc(C(=O)O)cn1. The number of carbonyl (C=O) groups is 4. The van der Waals surface area contributed by atoms with E-state index in [0.29, 0.717) is 23.7 Å². The molecule has 3 aliphatic carbocycles. The normalized spacial score (nSPS) is 14.9. The maximum absolute atomic E-state index is 11.2. The zero-order valence-electron chi connectivity index (χ0n) is 69.4. The lowest BCUT2D eigenvalue weighted by Gasteiger charge is -2.30. The third-order valence-electron chi connectivity index (χ3n) is 20.6. The number of benzene rings is 4. The fraction of sp³-hybridized carbons (Fsp3) is 0.505. The Kier molecular flexibility index (Phi) is 24.5. The van der Waals surface area contributed by atoms with Crippen LogP contribution >= 0.6 is 0 Å². The Morgan fingerprint density at radius 3 is 0.889 bits per heavy atom. The number of hydrogen-bond acceptors (Lipinski definition) is 13. The van der Waals surface area contributed by atoms with Crippen molar-refractivity contribution >= 4 is 47.1 Å². The summed E-state index contributed by atoms with van der Waals surface area (Å²) in [6.07, 6.45) is 16.4. The molecule has 0 amide bonds. The first-order valence-corrected chi connectivity index (χ1v) is 38.2. The van der Waals surface area contributed by atoms with Gasteiger partial charge in [0.1, 0.15) is 5.82 Å². The molecular weight excluding hydrogens is 1350 g/mol. The fourth-order valence-corrected chi connectivity index (χ4v) is 12.5. The van der Waals surface area contributed by atoms with Gasteiger partial charge in [-0.15, -0.1) is 0 Å². The van der Waals surface area contributed by atoms with Crippen LogP contribution < -0.4 is 9.80 Å². The highest BCUT2D eigenvalue weighted by Gasteiger charge is 2.50. The van der Waals surface area contributed by atoms with Gasteiger partial charge in [0.05, 0.1) is 33.4 Å². The molecular formula is C91H121N9O8.